The standard InChI is InChI=1S/C17H20N6O/c18-16(24)15-10-20-17-14(15)7-12(8-19-17)13-9-21-23(11-13)6-5-22-3-1-2-4-22/h7-11H,1-6H2,(H2,18,24)(H,19,20). The Morgan fingerprint density at radius 2 is 2.04 bits per heavy atom. The molecule has 1 aliphatic heterocycles. The number of aromatic amines is 1. The van der Waals surface area contributed by atoms with Crippen LogP contribution in [0.1, 0.15) is 23.2 Å². The van der Waals surface area contributed by atoms with Crippen LogP contribution in [0.15, 0.2) is 30.9 Å². The second-order valence-electron chi connectivity index (χ2n) is 6.23. The van der Waals surface area contributed by atoms with E-state index in [1.54, 1.807) is 12.4 Å². The highest BCUT2D eigenvalue weighted by atomic mass is 16.1. The van der Waals surface area contributed by atoms with Gasteiger partial charge in [-0.05, 0) is 32.0 Å². The number of nitrogens with zero attached hydrogens (tertiary/aromatic N) is 4. The highest BCUT2D eigenvalue weighted by Crippen LogP contribution is 2.24. The summed E-state index contributed by atoms with van der Waals surface area (Å²) in [7, 11) is 0. The zero-order valence-electron chi connectivity index (χ0n) is 13.4. The Kier molecular flexibility index (Phi) is 3.78. The first kappa shape index (κ1) is 14.9. The molecule has 0 bridgehead atoms. The number of primary amides is 1. The molecule has 3 aromatic rings. The minimum atomic E-state index is -0.457. The zero-order valence-corrected chi connectivity index (χ0v) is 13.4. The number of hydrogen-bond acceptors (Lipinski definition) is 4. The van der Waals surface area contributed by atoms with E-state index in [0.717, 1.165) is 29.6 Å². The van der Waals surface area contributed by atoms with Crippen LogP contribution in [0.2, 0.25) is 0 Å². The van der Waals surface area contributed by atoms with Gasteiger partial charge in [0.2, 0.25) is 0 Å². The largest absolute Gasteiger partial charge is 0.366 e. The number of fused-ring (bicyclic) bond motifs is 1. The fraction of sp³-hybridized carbons (Fsp3) is 0.353. The Bertz CT molecular complexity index is 874. The summed E-state index contributed by atoms with van der Waals surface area (Å²) < 4.78 is 1.96. The number of nitrogens with two attached hydrogens (primary N) is 1. The molecule has 7 nitrogen and oxygen atoms in total. The Hall–Kier alpha value is -2.67. The molecule has 4 heterocycles. The van der Waals surface area contributed by atoms with Gasteiger partial charge in [-0.2, -0.15) is 5.10 Å². The lowest BCUT2D eigenvalue weighted by atomic mass is 10.1. The Balaban J connectivity index is 1.56. The van der Waals surface area contributed by atoms with Crippen molar-refractivity contribution in [2.75, 3.05) is 19.6 Å². The van der Waals surface area contributed by atoms with E-state index in [1.807, 2.05) is 23.1 Å². The normalized spacial score (nSPS) is 15.3. The SMILES string of the molecule is NC(=O)c1c[nH]c2ncc(-c3cnn(CCN4CCCC4)c3)cc12. The molecule has 1 amide bonds. The third kappa shape index (κ3) is 2.78. The predicted molar refractivity (Wildman–Crippen MR) is 91.5 cm³/mol. The molecule has 1 aliphatic rings. The Morgan fingerprint density at radius 1 is 1.21 bits per heavy atom. The molecule has 24 heavy (non-hydrogen) atoms. The fourth-order valence-electron chi connectivity index (χ4n) is 3.25. The lowest BCUT2D eigenvalue weighted by Crippen LogP contribution is -2.24. The van der Waals surface area contributed by atoms with Crippen molar-refractivity contribution in [1.29, 1.82) is 0 Å². The van der Waals surface area contributed by atoms with Gasteiger partial charge in [0.05, 0.1) is 18.3 Å². The van der Waals surface area contributed by atoms with Gasteiger partial charge < -0.3 is 15.6 Å². The summed E-state index contributed by atoms with van der Waals surface area (Å²) in [6, 6.07) is 1.93. The maximum atomic E-state index is 11.5. The van der Waals surface area contributed by atoms with Crippen LogP contribution in [0.5, 0.6) is 0 Å². The minimum Gasteiger partial charge on any atom is -0.366 e. The number of H-pyrrole nitrogens is 1. The van der Waals surface area contributed by atoms with Gasteiger partial charge >= 0.3 is 0 Å². The van der Waals surface area contributed by atoms with Gasteiger partial charge in [-0.3, -0.25) is 9.48 Å². The van der Waals surface area contributed by atoms with Crippen LogP contribution >= 0.6 is 0 Å². The number of amides is 1. The van der Waals surface area contributed by atoms with Crippen molar-refractivity contribution in [2.24, 2.45) is 5.73 Å². The monoisotopic (exact) mass is 324 g/mol. The Morgan fingerprint density at radius 3 is 2.83 bits per heavy atom. The number of carbonyl (C=O) groups is 1. The van der Waals surface area contributed by atoms with Crippen molar-refractivity contribution >= 4 is 16.9 Å². The summed E-state index contributed by atoms with van der Waals surface area (Å²) in [6.45, 7) is 4.30. The van der Waals surface area contributed by atoms with Crippen molar-refractivity contribution in [3.05, 3.63) is 36.4 Å². The van der Waals surface area contributed by atoms with Gasteiger partial charge in [0, 0.05) is 41.6 Å². The summed E-state index contributed by atoms with van der Waals surface area (Å²) in [6.07, 6.45) is 9.84. The van der Waals surface area contributed by atoms with Gasteiger partial charge in [-0.15, -0.1) is 0 Å². The summed E-state index contributed by atoms with van der Waals surface area (Å²) >= 11 is 0. The van der Waals surface area contributed by atoms with Crippen LogP contribution in [-0.4, -0.2) is 50.2 Å². The van der Waals surface area contributed by atoms with Crippen molar-refractivity contribution in [3.8, 4) is 11.1 Å². The smallest absolute Gasteiger partial charge is 0.250 e. The molecule has 3 aromatic heterocycles. The summed E-state index contributed by atoms with van der Waals surface area (Å²) in [4.78, 5) is 21.3. The van der Waals surface area contributed by atoms with E-state index < -0.39 is 5.91 Å². The molecule has 1 saturated heterocycles. The van der Waals surface area contributed by atoms with Crippen LogP contribution < -0.4 is 5.73 Å². The average molecular weight is 324 g/mol. The van der Waals surface area contributed by atoms with Gasteiger partial charge in [0.25, 0.3) is 5.91 Å². The first-order valence-electron chi connectivity index (χ1n) is 8.23. The third-order valence-corrected chi connectivity index (χ3v) is 4.61. The van der Waals surface area contributed by atoms with Crippen molar-refractivity contribution in [2.45, 2.75) is 19.4 Å². The molecule has 0 aliphatic carbocycles. The van der Waals surface area contributed by atoms with E-state index in [2.05, 4.69) is 20.0 Å². The topological polar surface area (TPSA) is 92.8 Å². The minimum absolute atomic E-state index is 0.457. The van der Waals surface area contributed by atoms with Gasteiger partial charge in [0.15, 0.2) is 0 Å². The van der Waals surface area contributed by atoms with E-state index in [1.165, 1.54) is 25.9 Å². The zero-order chi connectivity index (χ0) is 16.5. The average Bonchev–Trinajstić information content (AvgIpc) is 3.31. The first-order chi connectivity index (χ1) is 11.7. The summed E-state index contributed by atoms with van der Waals surface area (Å²) in [5.74, 6) is -0.457. The highest BCUT2D eigenvalue weighted by Gasteiger charge is 2.13. The quantitative estimate of drug-likeness (QED) is 0.746. The molecule has 7 heteroatoms. The van der Waals surface area contributed by atoms with Crippen molar-refractivity contribution < 1.29 is 4.79 Å². The molecule has 0 saturated carbocycles. The molecular weight excluding hydrogens is 304 g/mol. The molecule has 0 spiro atoms. The molecule has 1 fully saturated rings. The number of carbonyl (C=O) groups excluding carboxylic acids is 1. The number of rotatable bonds is 5. The van der Waals surface area contributed by atoms with E-state index >= 15 is 0 Å². The molecule has 0 unspecified atom stereocenters. The number of likely N-dealkylation sites (tertiary alicyclic amines) is 1. The molecule has 124 valence electrons. The summed E-state index contributed by atoms with van der Waals surface area (Å²) in [5, 5.41) is 5.18. The lowest BCUT2D eigenvalue weighted by molar-refractivity contribution is 0.100. The molecule has 0 atom stereocenters. The maximum Gasteiger partial charge on any atom is 0.250 e. The van der Waals surface area contributed by atoms with Gasteiger partial charge in [-0.25, -0.2) is 4.98 Å². The first-order valence-corrected chi connectivity index (χ1v) is 8.23. The number of nitrogens with one attached hydrogen (secondary N) is 1. The van der Waals surface area contributed by atoms with Crippen LogP contribution in [0, 0.1) is 0 Å². The predicted octanol–water partition coefficient (Wildman–Crippen LogP) is 1.62. The second kappa shape index (κ2) is 6.09. The van der Waals surface area contributed by atoms with Gasteiger partial charge in [0.1, 0.15) is 5.65 Å². The van der Waals surface area contributed by atoms with Crippen molar-refractivity contribution in [3.63, 3.8) is 0 Å². The van der Waals surface area contributed by atoms with Crippen LogP contribution in [0.25, 0.3) is 22.2 Å². The van der Waals surface area contributed by atoms with E-state index in [0.29, 0.717) is 11.2 Å². The second-order valence-corrected chi connectivity index (χ2v) is 6.23. The molecular formula is C17H20N6O. The lowest BCUT2D eigenvalue weighted by Gasteiger charge is -2.13. The van der Waals surface area contributed by atoms with E-state index in [-0.39, 0.29) is 0 Å². The highest BCUT2D eigenvalue weighted by molar-refractivity contribution is 6.05. The van der Waals surface area contributed by atoms with Crippen molar-refractivity contribution in [1.82, 2.24) is 24.6 Å². The van der Waals surface area contributed by atoms with Crippen LogP contribution in [0.3, 0.4) is 0 Å². The Labute approximate surface area is 139 Å². The van der Waals surface area contributed by atoms with E-state index in [4.69, 9.17) is 5.73 Å². The molecule has 0 aromatic carbocycles. The summed E-state index contributed by atoms with van der Waals surface area (Å²) in [5.41, 5.74) is 8.44. The number of hydrogen-bond donors (Lipinski definition) is 2. The molecule has 3 N–H and O–H groups in total. The van der Waals surface area contributed by atoms with Crippen LogP contribution in [-0.2, 0) is 6.54 Å². The van der Waals surface area contributed by atoms with Gasteiger partial charge in [-0.1, -0.05) is 0 Å². The maximum absolute atomic E-state index is 11.5. The molecule has 0 radical (unpaired) electrons. The van der Waals surface area contributed by atoms with Crippen LogP contribution in [0.4, 0.5) is 0 Å². The number of pyridine rings is 1. The fourth-order valence-corrected chi connectivity index (χ4v) is 3.25. The molecule has 4 rings (SSSR count). The number of aromatic nitrogens is 4. The third-order valence-electron chi connectivity index (χ3n) is 4.61. The van der Waals surface area contributed by atoms with E-state index in [9.17, 15) is 4.79 Å².